The summed E-state index contributed by atoms with van der Waals surface area (Å²) in [7, 11) is 0. The molecule has 0 atom stereocenters. The van der Waals surface area contributed by atoms with Crippen molar-refractivity contribution < 1.29 is 9.47 Å². The monoisotopic (exact) mass is 249 g/mol. The minimum atomic E-state index is 0.322. The quantitative estimate of drug-likeness (QED) is 0.808. The highest BCUT2D eigenvalue weighted by molar-refractivity contribution is 5.62. The molecule has 0 heterocycles. The van der Waals surface area contributed by atoms with E-state index in [1.165, 1.54) is 19.3 Å². The number of rotatable bonds is 5. The Kier molecular flexibility index (Phi) is 4.73. The Hall–Kier alpha value is -1.38. The summed E-state index contributed by atoms with van der Waals surface area (Å²) in [5.74, 6) is 1.51. The van der Waals surface area contributed by atoms with Gasteiger partial charge in [-0.25, -0.2) is 0 Å². The molecule has 2 N–H and O–H groups in total. The van der Waals surface area contributed by atoms with Crippen LogP contribution in [0, 0.1) is 0 Å². The van der Waals surface area contributed by atoms with Crippen LogP contribution < -0.4 is 15.2 Å². The summed E-state index contributed by atoms with van der Waals surface area (Å²) in [6, 6.07) is 5.78. The van der Waals surface area contributed by atoms with E-state index in [0.29, 0.717) is 18.4 Å². The summed E-state index contributed by atoms with van der Waals surface area (Å²) < 4.78 is 11.6. The first-order valence-corrected chi connectivity index (χ1v) is 6.99. The molecule has 18 heavy (non-hydrogen) atoms. The summed E-state index contributed by atoms with van der Waals surface area (Å²) in [5.41, 5.74) is 6.73. The summed E-state index contributed by atoms with van der Waals surface area (Å²) in [5, 5.41) is 0. The summed E-state index contributed by atoms with van der Waals surface area (Å²) in [6.07, 6.45) is 7.43. The van der Waals surface area contributed by atoms with Crippen LogP contribution in [0.4, 0.5) is 5.69 Å². The topological polar surface area (TPSA) is 44.5 Å². The van der Waals surface area contributed by atoms with Crippen molar-refractivity contribution in [2.45, 2.75) is 51.6 Å². The van der Waals surface area contributed by atoms with E-state index >= 15 is 0 Å². The van der Waals surface area contributed by atoms with E-state index < -0.39 is 0 Å². The predicted octanol–water partition coefficient (Wildman–Crippen LogP) is 3.77. The lowest BCUT2D eigenvalue weighted by Crippen LogP contribution is -2.20. The lowest BCUT2D eigenvalue weighted by Gasteiger charge is -2.24. The van der Waals surface area contributed by atoms with Gasteiger partial charge in [-0.3, -0.25) is 0 Å². The van der Waals surface area contributed by atoms with E-state index in [2.05, 4.69) is 6.92 Å². The standard InChI is InChI=1S/C15H23NO2/c1-2-11-17-13-9-6-10-14(15(13)16)18-12-7-4-3-5-8-12/h6,9-10,12H,2-5,7-8,11,16H2,1H3. The molecule has 0 unspecified atom stereocenters. The molecule has 1 aliphatic rings. The zero-order chi connectivity index (χ0) is 12.8. The van der Waals surface area contributed by atoms with Crippen molar-refractivity contribution in [2.75, 3.05) is 12.3 Å². The molecule has 0 amide bonds. The Morgan fingerprint density at radius 1 is 1.17 bits per heavy atom. The van der Waals surface area contributed by atoms with E-state index in [0.717, 1.165) is 30.8 Å². The normalized spacial score (nSPS) is 16.5. The summed E-state index contributed by atoms with van der Waals surface area (Å²) in [4.78, 5) is 0. The minimum absolute atomic E-state index is 0.322. The van der Waals surface area contributed by atoms with Crippen LogP contribution >= 0.6 is 0 Å². The van der Waals surface area contributed by atoms with E-state index in [4.69, 9.17) is 15.2 Å². The van der Waals surface area contributed by atoms with Gasteiger partial charge in [-0.05, 0) is 44.2 Å². The number of anilines is 1. The third kappa shape index (κ3) is 3.31. The average molecular weight is 249 g/mol. The van der Waals surface area contributed by atoms with E-state index in [9.17, 15) is 0 Å². The second kappa shape index (κ2) is 6.53. The van der Waals surface area contributed by atoms with Crippen LogP contribution in [0.3, 0.4) is 0 Å². The van der Waals surface area contributed by atoms with Crippen LogP contribution in [0.15, 0.2) is 18.2 Å². The zero-order valence-corrected chi connectivity index (χ0v) is 11.2. The van der Waals surface area contributed by atoms with Crippen molar-refractivity contribution >= 4 is 5.69 Å². The maximum absolute atomic E-state index is 6.09. The minimum Gasteiger partial charge on any atom is -0.491 e. The number of nitrogen functional groups attached to an aromatic ring is 1. The Morgan fingerprint density at radius 2 is 1.89 bits per heavy atom. The molecule has 0 aromatic heterocycles. The van der Waals surface area contributed by atoms with Gasteiger partial charge in [-0.1, -0.05) is 19.4 Å². The van der Waals surface area contributed by atoms with Crippen molar-refractivity contribution in [3.05, 3.63) is 18.2 Å². The largest absolute Gasteiger partial charge is 0.491 e. The van der Waals surface area contributed by atoms with Gasteiger partial charge in [0.05, 0.1) is 12.7 Å². The second-order valence-corrected chi connectivity index (χ2v) is 4.89. The van der Waals surface area contributed by atoms with Crippen LogP contribution in [0.25, 0.3) is 0 Å². The van der Waals surface area contributed by atoms with Gasteiger partial charge in [0.2, 0.25) is 0 Å². The molecule has 3 heteroatoms. The molecule has 1 aliphatic carbocycles. The number of hydrogen-bond acceptors (Lipinski definition) is 3. The molecule has 0 bridgehead atoms. The third-order valence-corrected chi connectivity index (χ3v) is 3.33. The summed E-state index contributed by atoms with van der Waals surface area (Å²) in [6.45, 7) is 2.77. The number of hydrogen-bond donors (Lipinski definition) is 1. The van der Waals surface area contributed by atoms with Gasteiger partial charge >= 0.3 is 0 Å². The third-order valence-electron chi connectivity index (χ3n) is 3.33. The Morgan fingerprint density at radius 3 is 2.61 bits per heavy atom. The molecule has 1 saturated carbocycles. The van der Waals surface area contributed by atoms with Crippen molar-refractivity contribution in [3.63, 3.8) is 0 Å². The molecule has 0 radical (unpaired) electrons. The fourth-order valence-corrected chi connectivity index (χ4v) is 2.33. The Balaban J connectivity index is 2.02. The zero-order valence-electron chi connectivity index (χ0n) is 11.2. The van der Waals surface area contributed by atoms with Gasteiger partial charge in [0, 0.05) is 0 Å². The highest BCUT2D eigenvalue weighted by atomic mass is 16.5. The van der Waals surface area contributed by atoms with Crippen LogP contribution in [0.1, 0.15) is 45.4 Å². The molecule has 100 valence electrons. The van der Waals surface area contributed by atoms with Gasteiger partial charge in [0.25, 0.3) is 0 Å². The van der Waals surface area contributed by atoms with E-state index in [1.54, 1.807) is 0 Å². The fraction of sp³-hybridized carbons (Fsp3) is 0.600. The number of nitrogens with two attached hydrogens (primary N) is 1. The van der Waals surface area contributed by atoms with Gasteiger partial charge < -0.3 is 15.2 Å². The maximum Gasteiger partial charge on any atom is 0.146 e. The van der Waals surface area contributed by atoms with Crippen molar-refractivity contribution in [2.24, 2.45) is 0 Å². The van der Waals surface area contributed by atoms with Gasteiger partial charge in [0.15, 0.2) is 0 Å². The molecule has 3 nitrogen and oxygen atoms in total. The van der Waals surface area contributed by atoms with Crippen LogP contribution in [-0.2, 0) is 0 Å². The maximum atomic E-state index is 6.09. The van der Waals surface area contributed by atoms with Crippen LogP contribution in [-0.4, -0.2) is 12.7 Å². The molecule has 0 saturated heterocycles. The SMILES string of the molecule is CCCOc1cccc(OC2CCCCC2)c1N. The smallest absolute Gasteiger partial charge is 0.146 e. The van der Waals surface area contributed by atoms with Gasteiger partial charge in [-0.15, -0.1) is 0 Å². The first-order valence-electron chi connectivity index (χ1n) is 6.99. The molecular formula is C15H23NO2. The molecule has 0 aliphatic heterocycles. The fourth-order valence-electron chi connectivity index (χ4n) is 2.33. The lowest BCUT2D eigenvalue weighted by molar-refractivity contribution is 0.155. The molecule has 2 rings (SSSR count). The van der Waals surface area contributed by atoms with Gasteiger partial charge in [0.1, 0.15) is 17.2 Å². The van der Waals surface area contributed by atoms with Crippen LogP contribution in [0.5, 0.6) is 11.5 Å². The molecule has 0 spiro atoms. The predicted molar refractivity (Wildman–Crippen MR) is 74.1 cm³/mol. The van der Waals surface area contributed by atoms with E-state index in [1.807, 2.05) is 18.2 Å². The number of ether oxygens (including phenoxy) is 2. The van der Waals surface area contributed by atoms with Crippen molar-refractivity contribution in [3.8, 4) is 11.5 Å². The Labute approximate surface area is 109 Å². The molecule has 1 fully saturated rings. The first kappa shape index (κ1) is 13.1. The number of para-hydroxylation sites is 1. The van der Waals surface area contributed by atoms with Crippen molar-refractivity contribution in [1.29, 1.82) is 0 Å². The first-order chi connectivity index (χ1) is 8.81. The lowest BCUT2D eigenvalue weighted by atomic mass is 9.98. The highest BCUT2D eigenvalue weighted by Crippen LogP contribution is 2.34. The van der Waals surface area contributed by atoms with E-state index in [-0.39, 0.29) is 0 Å². The van der Waals surface area contributed by atoms with Crippen molar-refractivity contribution in [1.82, 2.24) is 0 Å². The van der Waals surface area contributed by atoms with Gasteiger partial charge in [-0.2, -0.15) is 0 Å². The molecule has 1 aromatic rings. The highest BCUT2D eigenvalue weighted by Gasteiger charge is 2.17. The number of benzene rings is 1. The Bertz CT molecular complexity index is 373. The molecule has 1 aromatic carbocycles. The molecular weight excluding hydrogens is 226 g/mol. The average Bonchev–Trinajstić information content (AvgIpc) is 2.41. The summed E-state index contributed by atoms with van der Waals surface area (Å²) >= 11 is 0. The second-order valence-electron chi connectivity index (χ2n) is 4.89. The van der Waals surface area contributed by atoms with Crippen LogP contribution in [0.2, 0.25) is 0 Å².